The Balaban J connectivity index is 2.23. The Morgan fingerprint density at radius 3 is 2.72 bits per heavy atom. The fourth-order valence-corrected chi connectivity index (χ4v) is 3.64. The highest BCUT2D eigenvalue weighted by molar-refractivity contribution is 9.10. The fourth-order valence-electron chi connectivity index (χ4n) is 2.87. The van der Waals surface area contributed by atoms with Gasteiger partial charge >= 0.3 is 0 Å². The molecule has 0 unspecified atom stereocenters. The van der Waals surface area contributed by atoms with Crippen molar-refractivity contribution in [1.82, 2.24) is 4.98 Å². The van der Waals surface area contributed by atoms with Crippen LogP contribution in [-0.2, 0) is 0 Å². The lowest BCUT2D eigenvalue weighted by Crippen LogP contribution is -1.98. The molecule has 1 aliphatic carbocycles. The molecule has 0 radical (unpaired) electrons. The van der Waals surface area contributed by atoms with Crippen molar-refractivity contribution in [3.8, 4) is 0 Å². The van der Waals surface area contributed by atoms with E-state index in [0.29, 0.717) is 5.92 Å². The van der Waals surface area contributed by atoms with Crippen molar-refractivity contribution in [2.45, 2.75) is 38.5 Å². The van der Waals surface area contributed by atoms with Gasteiger partial charge in [0.25, 0.3) is 0 Å². The predicted octanol–water partition coefficient (Wildman–Crippen LogP) is 5.62. The molecule has 0 spiro atoms. The number of hydrogen-bond donors (Lipinski definition) is 0. The molecule has 1 aromatic carbocycles. The monoisotopic (exact) mass is 323 g/mol. The van der Waals surface area contributed by atoms with Gasteiger partial charge in [-0.15, -0.1) is 0 Å². The average molecular weight is 325 g/mol. The summed E-state index contributed by atoms with van der Waals surface area (Å²) in [6, 6.07) is 6.20. The van der Waals surface area contributed by atoms with Gasteiger partial charge in [0.05, 0.1) is 10.5 Å². The molecule has 0 aliphatic heterocycles. The van der Waals surface area contributed by atoms with Crippen molar-refractivity contribution in [3.05, 3.63) is 39.0 Å². The van der Waals surface area contributed by atoms with Gasteiger partial charge in [-0.05, 0) is 53.4 Å². The van der Waals surface area contributed by atoms with Crippen molar-refractivity contribution < 1.29 is 0 Å². The molecule has 0 bridgehead atoms. The number of rotatable bonds is 1. The maximum atomic E-state index is 6.46. The maximum Gasteiger partial charge on any atom is 0.0865 e. The molecule has 3 rings (SSSR count). The summed E-state index contributed by atoms with van der Waals surface area (Å²) in [6.07, 6.45) is 5.13. The number of halogens is 2. The second-order valence-electron chi connectivity index (χ2n) is 5.10. The molecule has 1 saturated carbocycles. The van der Waals surface area contributed by atoms with E-state index in [2.05, 4.69) is 41.1 Å². The van der Waals surface area contributed by atoms with Crippen LogP contribution in [0.5, 0.6) is 0 Å². The third-order valence-electron chi connectivity index (χ3n) is 3.86. The summed E-state index contributed by atoms with van der Waals surface area (Å²) in [5.41, 5.74) is 3.35. The second kappa shape index (κ2) is 4.82. The molecule has 18 heavy (non-hydrogen) atoms. The van der Waals surface area contributed by atoms with Crippen molar-refractivity contribution in [2.75, 3.05) is 0 Å². The highest BCUT2D eigenvalue weighted by Gasteiger charge is 2.20. The normalized spacial score (nSPS) is 16.6. The fraction of sp³-hybridized carbons (Fsp3) is 0.400. The van der Waals surface area contributed by atoms with E-state index in [4.69, 9.17) is 16.6 Å². The van der Waals surface area contributed by atoms with Gasteiger partial charge in [0.1, 0.15) is 0 Å². The van der Waals surface area contributed by atoms with Crippen LogP contribution in [0.2, 0.25) is 5.02 Å². The molecule has 1 heterocycles. The largest absolute Gasteiger partial charge is 0.251 e. The predicted molar refractivity (Wildman–Crippen MR) is 80.4 cm³/mol. The summed E-state index contributed by atoms with van der Waals surface area (Å²) in [4.78, 5) is 4.85. The van der Waals surface area contributed by atoms with Gasteiger partial charge in [-0.25, -0.2) is 0 Å². The first-order chi connectivity index (χ1) is 8.66. The van der Waals surface area contributed by atoms with Crippen LogP contribution in [0.15, 0.2) is 22.7 Å². The molecular formula is C15H15BrClN. The SMILES string of the molecule is Cc1ccc(Br)c2nc(C3CCCC3)cc(Cl)c12. The van der Waals surface area contributed by atoms with E-state index in [1.165, 1.54) is 31.2 Å². The first-order valence-electron chi connectivity index (χ1n) is 6.42. The zero-order chi connectivity index (χ0) is 12.7. The van der Waals surface area contributed by atoms with Gasteiger partial charge < -0.3 is 0 Å². The molecule has 1 fully saturated rings. The number of fused-ring (bicyclic) bond motifs is 1. The minimum absolute atomic E-state index is 0.597. The number of hydrogen-bond acceptors (Lipinski definition) is 1. The van der Waals surface area contributed by atoms with Gasteiger partial charge in [0, 0.05) is 21.5 Å². The van der Waals surface area contributed by atoms with Crippen LogP contribution >= 0.6 is 27.5 Å². The van der Waals surface area contributed by atoms with Crippen molar-refractivity contribution >= 4 is 38.4 Å². The molecule has 0 amide bonds. The quantitative estimate of drug-likeness (QED) is 0.663. The van der Waals surface area contributed by atoms with Crippen LogP contribution < -0.4 is 0 Å². The highest BCUT2D eigenvalue weighted by Crippen LogP contribution is 2.38. The number of benzene rings is 1. The molecular weight excluding hydrogens is 310 g/mol. The molecule has 2 aromatic rings. The van der Waals surface area contributed by atoms with Crippen LogP contribution in [0, 0.1) is 6.92 Å². The van der Waals surface area contributed by atoms with Crippen molar-refractivity contribution in [2.24, 2.45) is 0 Å². The molecule has 1 nitrogen and oxygen atoms in total. The Bertz CT molecular complexity index is 603. The van der Waals surface area contributed by atoms with E-state index in [9.17, 15) is 0 Å². The minimum Gasteiger partial charge on any atom is -0.251 e. The second-order valence-corrected chi connectivity index (χ2v) is 6.36. The zero-order valence-electron chi connectivity index (χ0n) is 10.3. The van der Waals surface area contributed by atoms with Crippen LogP contribution in [0.3, 0.4) is 0 Å². The lowest BCUT2D eigenvalue weighted by Gasteiger charge is -2.13. The van der Waals surface area contributed by atoms with Crippen molar-refractivity contribution in [3.63, 3.8) is 0 Å². The summed E-state index contributed by atoms with van der Waals surface area (Å²) in [7, 11) is 0. The van der Waals surface area contributed by atoms with Gasteiger partial charge in [-0.3, -0.25) is 4.98 Å². The van der Waals surface area contributed by atoms with E-state index in [1.807, 2.05) is 0 Å². The Kier molecular flexibility index (Phi) is 3.33. The first-order valence-corrected chi connectivity index (χ1v) is 7.59. The van der Waals surface area contributed by atoms with Crippen LogP contribution in [-0.4, -0.2) is 4.98 Å². The standard InChI is InChI=1S/C15H15BrClN/c1-9-6-7-11(16)15-14(9)12(17)8-13(18-15)10-4-2-3-5-10/h6-8,10H,2-5H2,1H3. The Morgan fingerprint density at radius 2 is 2.00 bits per heavy atom. The van der Waals surface area contributed by atoms with Gasteiger partial charge in [-0.2, -0.15) is 0 Å². The van der Waals surface area contributed by atoms with Gasteiger partial charge in [-0.1, -0.05) is 30.5 Å². The molecule has 0 saturated heterocycles. The summed E-state index contributed by atoms with van der Waals surface area (Å²) < 4.78 is 1.03. The Labute approximate surface area is 121 Å². The van der Waals surface area contributed by atoms with Crippen LogP contribution in [0.4, 0.5) is 0 Å². The average Bonchev–Trinajstić information content (AvgIpc) is 2.87. The topological polar surface area (TPSA) is 12.9 Å². The summed E-state index contributed by atoms with van der Waals surface area (Å²) in [6.45, 7) is 2.08. The number of nitrogens with zero attached hydrogens (tertiary/aromatic N) is 1. The smallest absolute Gasteiger partial charge is 0.0865 e. The summed E-state index contributed by atoms with van der Waals surface area (Å²) in [5.74, 6) is 0.597. The first kappa shape index (κ1) is 12.4. The number of aromatic nitrogens is 1. The van der Waals surface area contributed by atoms with Crippen LogP contribution in [0.1, 0.15) is 42.9 Å². The van der Waals surface area contributed by atoms with E-state index in [-0.39, 0.29) is 0 Å². The van der Waals surface area contributed by atoms with E-state index >= 15 is 0 Å². The van der Waals surface area contributed by atoms with Gasteiger partial charge in [0.2, 0.25) is 0 Å². The minimum atomic E-state index is 0.597. The molecule has 1 aliphatic rings. The number of aryl methyl sites for hydroxylation is 1. The third-order valence-corrected chi connectivity index (χ3v) is 4.80. The van der Waals surface area contributed by atoms with E-state index in [0.717, 1.165) is 26.1 Å². The maximum absolute atomic E-state index is 6.46. The zero-order valence-corrected chi connectivity index (χ0v) is 12.7. The third kappa shape index (κ3) is 2.06. The molecule has 0 N–H and O–H groups in total. The lowest BCUT2D eigenvalue weighted by molar-refractivity contribution is 0.701. The van der Waals surface area contributed by atoms with E-state index < -0.39 is 0 Å². The summed E-state index contributed by atoms with van der Waals surface area (Å²) >= 11 is 10.0. The highest BCUT2D eigenvalue weighted by atomic mass is 79.9. The number of pyridine rings is 1. The molecule has 3 heteroatoms. The lowest BCUT2D eigenvalue weighted by atomic mass is 10.0. The molecule has 0 atom stereocenters. The molecule has 94 valence electrons. The van der Waals surface area contributed by atoms with E-state index in [1.54, 1.807) is 0 Å². The molecule has 1 aromatic heterocycles. The Hall–Kier alpha value is -0.600. The van der Waals surface area contributed by atoms with Crippen LogP contribution in [0.25, 0.3) is 10.9 Å². The van der Waals surface area contributed by atoms with Crippen molar-refractivity contribution in [1.29, 1.82) is 0 Å². The Morgan fingerprint density at radius 1 is 1.28 bits per heavy atom. The summed E-state index contributed by atoms with van der Waals surface area (Å²) in [5, 5.41) is 1.91. The van der Waals surface area contributed by atoms with Gasteiger partial charge in [0.15, 0.2) is 0 Å².